The maximum atomic E-state index is 5.37. The van der Waals surface area contributed by atoms with Crippen LogP contribution in [0.3, 0.4) is 0 Å². The monoisotopic (exact) mass is 331 g/mol. The molecule has 2 aliphatic carbocycles. The van der Waals surface area contributed by atoms with Crippen molar-refractivity contribution in [2.45, 2.75) is 39.0 Å². The number of guanidine groups is 1. The Kier molecular flexibility index (Phi) is 5.17. The van der Waals surface area contributed by atoms with Crippen LogP contribution in [-0.4, -0.2) is 33.3 Å². The Labute approximate surface area is 144 Å². The summed E-state index contributed by atoms with van der Waals surface area (Å²) >= 11 is 0. The first-order valence-electron chi connectivity index (χ1n) is 8.98. The summed E-state index contributed by atoms with van der Waals surface area (Å²) in [4.78, 5) is 4.88. The first-order valence-corrected chi connectivity index (χ1v) is 8.98. The van der Waals surface area contributed by atoms with Crippen LogP contribution in [0.4, 0.5) is 5.69 Å². The molecule has 5 heteroatoms. The molecule has 0 aromatic heterocycles. The number of ether oxygens (including phenoxy) is 2. The highest BCUT2D eigenvalue weighted by Crippen LogP contribution is 2.57. The molecular weight excluding hydrogens is 302 g/mol. The maximum Gasteiger partial charge on any atom is 0.195 e. The minimum Gasteiger partial charge on any atom is -0.493 e. The fraction of sp³-hybridized carbons (Fsp3) is 0.632. The lowest BCUT2D eigenvalue weighted by Crippen LogP contribution is -2.37. The smallest absolute Gasteiger partial charge is 0.195 e. The van der Waals surface area contributed by atoms with Gasteiger partial charge < -0.3 is 20.1 Å². The number of hydrogen-bond donors (Lipinski definition) is 2. The van der Waals surface area contributed by atoms with E-state index in [9.17, 15) is 0 Å². The van der Waals surface area contributed by atoms with E-state index in [0.29, 0.717) is 11.2 Å². The van der Waals surface area contributed by atoms with Crippen molar-refractivity contribution in [3.05, 3.63) is 18.2 Å². The van der Waals surface area contributed by atoms with Crippen LogP contribution in [0, 0.1) is 11.3 Å². The molecule has 0 atom stereocenters. The van der Waals surface area contributed by atoms with Crippen molar-refractivity contribution >= 4 is 11.6 Å². The zero-order valence-corrected chi connectivity index (χ0v) is 15.0. The van der Waals surface area contributed by atoms with Gasteiger partial charge in [-0.25, -0.2) is 0 Å². The van der Waals surface area contributed by atoms with Gasteiger partial charge in [0.25, 0.3) is 0 Å². The number of nitrogens with one attached hydrogen (secondary N) is 2. The van der Waals surface area contributed by atoms with Crippen molar-refractivity contribution in [3.63, 3.8) is 0 Å². The van der Waals surface area contributed by atoms with Gasteiger partial charge in [0.1, 0.15) is 0 Å². The van der Waals surface area contributed by atoms with Gasteiger partial charge in [-0.1, -0.05) is 6.42 Å². The van der Waals surface area contributed by atoms with Gasteiger partial charge in [0.05, 0.1) is 14.2 Å². The third kappa shape index (κ3) is 3.60. The fourth-order valence-electron chi connectivity index (χ4n) is 3.62. The number of rotatable bonds is 7. The topological polar surface area (TPSA) is 54.9 Å². The van der Waals surface area contributed by atoms with Crippen LogP contribution in [0.15, 0.2) is 23.2 Å². The van der Waals surface area contributed by atoms with E-state index >= 15 is 0 Å². The van der Waals surface area contributed by atoms with E-state index in [2.05, 4.69) is 17.6 Å². The second kappa shape index (κ2) is 7.32. The van der Waals surface area contributed by atoms with Gasteiger partial charge in [0.15, 0.2) is 17.5 Å². The molecule has 2 saturated carbocycles. The van der Waals surface area contributed by atoms with Crippen molar-refractivity contribution in [3.8, 4) is 11.5 Å². The summed E-state index contributed by atoms with van der Waals surface area (Å²) in [6.45, 7) is 3.86. The van der Waals surface area contributed by atoms with Crippen LogP contribution in [0.25, 0.3) is 0 Å². The number of anilines is 1. The van der Waals surface area contributed by atoms with Crippen LogP contribution < -0.4 is 20.1 Å². The average molecular weight is 331 g/mol. The molecule has 0 aliphatic heterocycles. The van der Waals surface area contributed by atoms with Crippen molar-refractivity contribution in [1.29, 1.82) is 0 Å². The highest BCUT2D eigenvalue weighted by Gasteiger charge is 2.48. The van der Waals surface area contributed by atoms with Gasteiger partial charge >= 0.3 is 0 Å². The maximum absolute atomic E-state index is 5.37. The molecule has 2 aliphatic rings. The van der Waals surface area contributed by atoms with Gasteiger partial charge in [-0.2, -0.15) is 0 Å². The number of methoxy groups -OCH3 is 2. The Morgan fingerprint density at radius 3 is 2.50 bits per heavy atom. The summed E-state index contributed by atoms with van der Waals surface area (Å²) in [6, 6.07) is 5.82. The van der Waals surface area contributed by atoms with Crippen molar-refractivity contribution < 1.29 is 9.47 Å². The standard InChI is InChI=1S/C19H29N3O2/c1-4-20-18(21-13-19(10-5-11-19)14-6-7-14)22-15-8-9-16(23-2)17(12-15)24-3/h8-9,12,14H,4-7,10-11,13H2,1-3H3,(H2,20,21,22). The van der Waals surface area contributed by atoms with Gasteiger partial charge in [0.2, 0.25) is 0 Å². The van der Waals surface area contributed by atoms with Crippen LogP contribution in [0.2, 0.25) is 0 Å². The lowest BCUT2D eigenvalue weighted by Gasteiger charge is -2.41. The van der Waals surface area contributed by atoms with Gasteiger partial charge in [-0.3, -0.25) is 4.99 Å². The van der Waals surface area contributed by atoms with E-state index in [1.165, 1.54) is 32.1 Å². The molecule has 5 nitrogen and oxygen atoms in total. The summed E-state index contributed by atoms with van der Waals surface area (Å²) in [6.07, 6.45) is 6.85. The molecule has 0 amide bonds. The molecular formula is C19H29N3O2. The second-order valence-electron chi connectivity index (χ2n) is 6.88. The van der Waals surface area contributed by atoms with E-state index in [1.54, 1.807) is 14.2 Å². The molecule has 3 rings (SSSR count). The van der Waals surface area contributed by atoms with Crippen LogP contribution in [-0.2, 0) is 0 Å². The number of benzene rings is 1. The first-order chi connectivity index (χ1) is 11.7. The van der Waals surface area contributed by atoms with Crippen molar-refractivity contribution in [1.82, 2.24) is 5.32 Å². The Morgan fingerprint density at radius 2 is 1.96 bits per heavy atom. The quantitative estimate of drug-likeness (QED) is 0.591. The van der Waals surface area contributed by atoms with Crippen LogP contribution >= 0.6 is 0 Å². The second-order valence-corrected chi connectivity index (χ2v) is 6.88. The molecule has 0 saturated heterocycles. The Bertz CT molecular complexity index is 592. The molecule has 0 radical (unpaired) electrons. The normalized spacial score (nSPS) is 19.4. The molecule has 0 unspecified atom stereocenters. The van der Waals surface area contributed by atoms with Crippen LogP contribution in [0.1, 0.15) is 39.0 Å². The predicted octanol–water partition coefficient (Wildman–Crippen LogP) is 3.66. The van der Waals surface area contributed by atoms with E-state index in [-0.39, 0.29) is 0 Å². The van der Waals surface area contributed by atoms with E-state index in [0.717, 1.165) is 36.4 Å². The lowest BCUT2D eigenvalue weighted by atomic mass is 9.65. The number of nitrogens with zero attached hydrogens (tertiary/aromatic N) is 1. The average Bonchev–Trinajstić information content (AvgIpc) is 3.39. The third-order valence-electron chi connectivity index (χ3n) is 5.34. The summed E-state index contributed by atoms with van der Waals surface area (Å²) < 4.78 is 10.7. The molecule has 0 spiro atoms. The zero-order chi connectivity index (χ0) is 17.0. The lowest BCUT2D eigenvalue weighted by molar-refractivity contribution is 0.113. The predicted molar refractivity (Wildman–Crippen MR) is 98.2 cm³/mol. The number of hydrogen-bond acceptors (Lipinski definition) is 3. The first kappa shape index (κ1) is 16.9. The molecule has 2 N–H and O–H groups in total. The Hall–Kier alpha value is -1.91. The highest BCUT2D eigenvalue weighted by atomic mass is 16.5. The summed E-state index contributed by atoms with van der Waals surface area (Å²) in [7, 11) is 3.29. The van der Waals surface area contributed by atoms with Gasteiger partial charge in [-0.15, -0.1) is 0 Å². The largest absolute Gasteiger partial charge is 0.493 e. The van der Waals surface area contributed by atoms with Gasteiger partial charge in [-0.05, 0) is 56.1 Å². The van der Waals surface area contributed by atoms with Crippen molar-refractivity contribution in [2.75, 3.05) is 32.6 Å². The van der Waals surface area contributed by atoms with E-state index in [1.807, 2.05) is 18.2 Å². The summed E-state index contributed by atoms with van der Waals surface area (Å²) in [5, 5.41) is 6.73. The van der Waals surface area contributed by atoms with Crippen LogP contribution in [0.5, 0.6) is 11.5 Å². The number of aliphatic imine (C=N–C) groups is 1. The zero-order valence-electron chi connectivity index (χ0n) is 15.0. The molecule has 132 valence electrons. The van der Waals surface area contributed by atoms with Crippen molar-refractivity contribution in [2.24, 2.45) is 16.3 Å². The highest BCUT2D eigenvalue weighted by molar-refractivity contribution is 5.94. The fourth-order valence-corrected chi connectivity index (χ4v) is 3.62. The van der Waals surface area contributed by atoms with E-state index in [4.69, 9.17) is 14.5 Å². The summed E-state index contributed by atoms with van der Waals surface area (Å²) in [5.74, 6) is 3.20. The van der Waals surface area contributed by atoms with Gasteiger partial charge in [0, 0.05) is 24.8 Å². The molecule has 1 aromatic rings. The molecule has 0 heterocycles. The third-order valence-corrected chi connectivity index (χ3v) is 5.34. The summed E-state index contributed by atoms with van der Waals surface area (Å²) in [5.41, 5.74) is 1.43. The SMILES string of the molecule is CCNC(=NCC1(C2CC2)CCC1)Nc1ccc(OC)c(OC)c1. The molecule has 24 heavy (non-hydrogen) atoms. The molecule has 0 bridgehead atoms. The Morgan fingerprint density at radius 1 is 1.21 bits per heavy atom. The molecule has 1 aromatic carbocycles. The Balaban J connectivity index is 1.70. The van der Waals surface area contributed by atoms with E-state index < -0.39 is 0 Å². The molecule has 2 fully saturated rings. The minimum atomic E-state index is 0.486. The minimum absolute atomic E-state index is 0.486.